The molecule has 0 bridgehead atoms. The van der Waals surface area contributed by atoms with Crippen LogP contribution in [0.2, 0.25) is 5.02 Å². The lowest BCUT2D eigenvalue weighted by molar-refractivity contribution is -0.121. The van der Waals surface area contributed by atoms with Crippen LogP contribution in [0.5, 0.6) is 11.5 Å². The number of nitrogens with one attached hydrogen (secondary N) is 1. The molecule has 0 fully saturated rings. The Morgan fingerprint density at radius 1 is 0.961 bits per heavy atom. The summed E-state index contributed by atoms with van der Waals surface area (Å²) in [7, 11) is 0. The number of hydrogen-bond acceptors (Lipinski definition) is 10. The fourth-order valence-electron chi connectivity index (χ4n) is 6.27. The summed E-state index contributed by atoms with van der Waals surface area (Å²) in [5.41, 5.74) is 6.52. The van der Waals surface area contributed by atoms with E-state index in [1.165, 1.54) is 10.9 Å². The minimum absolute atomic E-state index is 0.0151. The zero-order chi connectivity index (χ0) is 36.1. The van der Waals surface area contributed by atoms with Gasteiger partial charge in [-0.25, -0.2) is 0 Å². The van der Waals surface area contributed by atoms with Crippen LogP contribution in [0, 0.1) is 20.8 Å². The van der Waals surface area contributed by atoms with Crippen molar-refractivity contribution < 1.29 is 15.0 Å². The Labute approximate surface area is 309 Å². The maximum atomic E-state index is 13.5. The van der Waals surface area contributed by atoms with Crippen molar-refractivity contribution in [2.75, 3.05) is 0 Å². The Morgan fingerprint density at radius 3 is 2.39 bits per heavy atom. The zero-order valence-electron chi connectivity index (χ0n) is 28.5. The van der Waals surface area contributed by atoms with E-state index in [-0.39, 0.29) is 36.3 Å². The van der Waals surface area contributed by atoms with Crippen LogP contribution in [-0.4, -0.2) is 51.4 Å². The third-order valence-corrected chi connectivity index (χ3v) is 10.8. The van der Waals surface area contributed by atoms with E-state index in [1.807, 2.05) is 73.9 Å². The largest absolute Gasteiger partial charge is 0.508 e. The molecule has 14 heteroatoms. The van der Waals surface area contributed by atoms with Gasteiger partial charge < -0.3 is 15.5 Å². The number of benzene rings is 3. The molecule has 11 nitrogen and oxygen atoms in total. The van der Waals surface area contributed by atoms with Crippen molar-refractivity contribution in [1.82, 2.24) is 34.8 Å². The molecule has 0 unspecified atom stereocenters. The Balaban J connectivity index is 1.13. The molecule has 0 aliphatic carbocycles. The molecule has 0 spiro atoms. The predicted molar refractivity (Wildman–Crippen MR) is 201 cm³/mol. The number of amides is 1. The van der Waals surface area contributed by atoms with E-state index >= 15 is 0 Å². The summed E-state index contributed by atoms with van der Waals surface area (Å²) in [6.07, 6.45) is 0.0713. The monoisotopic (exact) mass is 738 g/mol. The first-order chi connectivity index (χ1) is 24.4. The topological polar surface area (TPSA) is 143 Å². The van der Waals surface area contributed by atoms with Gasteiger partial charge in [0.2, 0.25) is 5.91 Å². The highest BCUT2D eigenvalue weighted by Crippen LogP contribution is 2.40. The second-order valence-electron chi connectivity index (χ2n) is 12.8. The quantitative estimate of drug-likeness (QED) is 0.118. The Hall–Kier alpha value is -4.98. The number of phenols is 2. The van der Waals surface area contributed by atoms with Gasteiger partial charge in [0.1, 0.15) is 28.4 Å². The Bertz CT molecular complexity index is 2330. The molecule has 1 atom stereocenters. The summed E-state index contributed by atoms with van der Waals surface area (Å²) in [4.78, 5) is 19.9. The van der Waals surface area contributed by atoms with Crippen LogP contribution in [0.1, 0.15) is 76.6 Å². The molecular weight excluding hydrogens is 704 g/mol. The summed E-state index contributed by atoms with van der Waals surface area (Å²) < 4.78 is 3.74. The van der Waals surface area contributed by atoms with Gasteiger partial charge in [-0.15, -0.1) is 44.4 Å². The van der Waals surface area contributed by atoms with Crippen LogP contribution < -0.4 is 5.32 Å². The average molecular weight is 739 g/mol. The summed E-state index contributed by atoms with van der Waals surface area (Å²) in [6.45, 7) is 10.3. The van der Waals surface area contributed by atoms with Gasteiger partial charge in [-0.2, -0.15) is 0 Å². The number of aryl methyl sites for hydroxylation is 2. The number of carbonyl (C=O) groups excluding carboxylic acids is 1. The number of fused-ring (bicyclic) bond motifs is 3. The van der Waals surface area contributed by atoms with Crippen molar-refractivity contribution in [3.05, 3.63) is 110 Å². The normalized spacial score (nSPS) is 13.9. The Morgan fingerprint density at radius 2 is 1.69 bits per heavy atom. The SMILES string of the molecule is Cc1sc2c(c1C)C(c1ccc(Cl)cc1)=N[C@@H](CC(=O)NCc1ccc(-n3c(S)nnc3-c3cc(C(C)C)c(O)cc3O)cc1)c1nnc(C)n1-2. The molecule has 0 saturated heterocycles. The van der Waals surface area contributed by atoms with E-state index in [0.717, 1.165) is 38.8 Å². The number of phenolic OH excluding ortho intramolecular Hbond substituents is 2. The molecule has 7 rings (SSSR count). The fraction of sp³-hybridized carbons (Fsp3) is 0.243. The average Bonchev–Trinajstić information content (AvgIpc) is 3.73. The van der Waals surface area contributed by atoms with E-state index in [2.05, 4.69) is 52.2 Å². The summed E-state index contributed by atoms with van der Waals surface area (Å²) in [5, 5.41) is 43.3. The molecule has 4 heterocycles. The van der Waals surface area contributed by atoms with Gasteiger partial charge in [-0.1, -0.05) is 49.7 Å². The van der Waals surface area contributed by atoms with Gasteiger partial charge in [0.15, 0.2) is 16.8 Å². The van der Waals surface area contributed by atoms with E-state index in [1.54, 1.807) is 22.0 Å². The molecule has 0 radical (unpaired) electrons. The van der Waals surface area contributed by atoms with Crippen molar-refractivity contribution in [3.8, 4) is 33.6 Å². The summed E-state index contributed by atoms with van der Waals surface area (Å²) in [6, 6.07) is 17.6. The predicted octanol–water partition coefficient (Wildman–Crippen LogP) is 7.58. The van der Waals surface area contributed by atoms with Crippen LogP contribution in [0.15, 0.2) is 70.8 Å². The molecule has 260 valence electrons. The second kappa shape index (κ2) is 13.6. The summed E-state index contributed by atoms with van der Waals surface area (Å²) >= 11 is 12.4. The first kappa shape index (κ1) is 34.5. The number of carbonyl (C=O) groups is 1. The molecule has 1 aliphatic rings. The number of hydrogen-bond donors (Lipinski definition) is 4. The number of rotatable bonds is 8. The van der Waals surface area contributed by atoms with E-state index < -0.39 is 6.04 Å². The van der Waals surface area contributed by atoms with Crippen molar-refractivity contribution in [2.45, 2.75) is 64.7 Å². The highest BCUT2D eigenvalue weighted by molar-refractivity contribution is 7.80. The van der Waals surface area contributed by atoms with E-state index in [0.29, 0.717) is 38.6 Å². The van der Waals surface area contributed by atoms with Crippen molar-refractivity contribution in [3.63, 3.8) is 0 Å². The molecule has 3 aromatic heterocycles. The molecule has 51 heavy (non-hydrogen) atoms. The maximum Gasteiger partial charge on any atom is 0.222 e. The number of halogens is 1. The lowest BCUT2D eigenvalue weighted by Crippen LogP contribution is -2.25. The lowest BCUT2D eigenvalue weighted by atomic mass is 9.98. The zero-order valence-corrected chi connectivity index (χ0v) is 31.0. The molecule has 1 amide bonds. The second-order valence-corrected chi connectivity index (χ2v) is 14.8. The van der Waals surface area contributed by atoms with Gasteiger partial charge in [0.05, 0.1) is 17.7 Å². The number of aromatic hydroxyl groups is 2. The molecule has 6 aromatic rings. The molecule has 3 aromatic carbocycles. The number of thiophene rings is 1. The van der Waals surface area contributed by atoms with Crippen LogP contribution in [0.3, 0.4) is 0 Å². The number of nitrogens with zero attached hydrogens (tertiary/aromatic N) is 7. The van der Waals surface area contributed by atoms with Gasteiger partial charge in [-0.3, -0.25) is 18.9 Å². The Kier molecular flexibility index (Phi) is 9.21. The molecule has 3 N–H and O–H groups in total. The minimum Gasteiger partial charge on any atom is -0.508 e. The summed E-state index contributed by atoms with van der Waals surface area (Å²) in [5.74, 6) is 1.46. The van der Waals surface area contributed by atoms with Crippen molar-refractivity contribution >= 4 is 47.2 Å². The molecule has 1 aliphatic heterocycles. The number of aromatic nitrogens is 6. The van der Waals surface area contributed by atoms with E-state index in [4.69, 9.17) is 16.6 Å². The van der Waals surface area contributed by atoms with Crippen molar-refractivity contribution in [2.24, 2.45) is 4.99 Å². The smallest absolute Gasteiger partial charge is 0.222 e. The highest BCUT2D eigenvalue weighted by atomic mass is 35.5. The van der Waals surface area contributed by atoms with Crippen LogP contribution in [0.25, 0.3) is 22.1 Å². The number of thiol groups is 1. The van der Waals surface area contributed by atoms with Gasteiger partial charge in [0, 0.05) is 39.3 Å². The van der Waals surface area contributed by atoms with E-state index in [9.17, 15) is 15.0 Å². The standard InChI is InChI=1S/C37H35ClN8O3S2/c1-18(2)26-14-27(30(48)16-29(26)47)34-42-44-37(50)46(34)25-12-6-22(7-13-25)17-39-31(49)15-28-35-43-41-21(5)45(35)36-32(19(3)20(4)51-36)33(40-28)23-8-10-24(38)11-9-23/h6-14,16,18,28,47-48H,15,17H2,1-5H3,(H,39,49)(H,44,50)/t28-/m0/s1. The maximum absolute atomic E-state index is 13.5. The first-order valence-corrected chi connectivity index (χ1v) is 18.0. The fourth-order valence-corrected chi connectivity index (χ4v) is 7.86. The first-order valence-electron chi connectivity index (χ1n) is 16.3. The van der Waals surface area contributed by atoms with Crippen LogP contribution in [-0.2, 0) is 11.3 Å². The third-order valence-electron chi connectivity index (χ3n) is 9.07. The van der Waals surface area contributed by atoms with Crippen molar-refractivity contribution in [1.29, 1.82) is 0 Å². The number of aliphatic imine (C=N–C) groups is 1. The third kappa shape index (κ3) is 6.41. The van der Waals surface area contributed by atoms with Gasteiger partial charge in [0.25, 0.3) is 0 Å². The molecular formula is C37H35ClN8O3S2. The molecule has 0 saturated carbocycles. The minimum atomic E-state index is -0.577. The van der Waals surface area contributed by atoms with Gasteiger partial charge >= 0.3 is 0 Å². The van der Waals surface area contributed by atoms with Gasteiger partial charge in [-0.05, 0) is 73.7 Å². The van der Waals surface area contributed by atoms with Crippen LogP contribution in [0.4, 0.5) is 0 Å². The lowest BCUT2D eigenvalue weighted by Gasteiger charge is -2.14. The highest BCUT2D eigenvalue weighted by Gasteiger charge is 2.32. The van der Waals surface area contributed by atoms with Crippen LogP contribution >= 0.6 is 35.6 Å².